The Labute approximate surface area is 164 Å². The zero-order valence-electron chi connectivity index (χ0n) is 15.8. The van der Waals surface area contributed by atoms with Gasteiger partial charge in [0.05, 0.1) is 12.0 Å². The molecule has 1 aromatic carbocycles. The van der Waals surface area contributed by atoms with Crippen LogP contribution in [0.1, 0.15) is 5.56 Å². The third kappa shape index (κ3) is 3.35. The molecule has 0 atom stereocenters. The van der Waals surface area contributed by atoms with E-state index in [9.17, 15) is 14.4 Å². The van der Waals surface area contributed by atoms with Gasteiger partial charge in [-0.3, -0.25) is 18.7 Å². The molecule has 3 heterocycles. The van der Waals surface area contributed by atoms with Crippen molar-refractivity contribution in [2.75, 3.05) is 0 Å². The minimum atomic E-state index is -0.517. The van der Waals surface area contributed by atoms with Gasteiger partial charge in [-0.15, -0.1) is 0 Å². The molecule has 0 aliphatic heterocycles. The molecule has 3 aromatic heterocycles. The summed E-state index contributed by atoms with van der Waals surface area (Å²) in [6.07, 6.45) is 4.89. The van der Waals surface area contributed by atoms with Crippen LogP contribution in [0.5, 0.6) is 0 Å². The monoisotopic (exact) mass is 394 g/mol. The summed E-state index contributed by atoms with van der Waals surface area (Å²) >= 11 is 0. The van der Waals surface area contributed by atoms with Crippen LogP contribution in [-0.4, -0.2) is 34.4 Å². The molecular weight excluding hydrogens is 376 g/mol. The summed E-state index contributed by atoms with van der Waals surface area (Å²) in [6, 6.07) is 9.29. The highest BCUT2D eigenvalue weighted by molar-refractivity contribution is 5.75. The molecular formula is C19H18N6O4. The van der Waals surface area contributed by atoms with Crippen LogP contribution in [0.15, 0.2) is 58.6 Å². The molecule has 148 valence electrons. The summed E-state index contributed by atoms with van der Waals surface area (Å²) in [5.74, 6) is -0.517. The topological polar surface area (TPSA) is 106 Å². The number of aromatic nitrogens is 6. The van der Waals surface area contributed by atoms with Crippen LogP contribution in [0.25, 0.3) is 16.9 Å². The van der Waals surface area contributed by atoms with Crippen molar-refractivity contribution < 1.29 is 9.53 Å². The molecule has 0 fully saturated rings. The lowest BCUT2D eigenvalue weighted by Gasteiger charge is -2.08. The van der Waals surface area contributed by atoms with Gasteiger partial charge in [-0.2, -0.15) is 5.10 Å². The maximum Gasteiger partial charge on any atom is 0.332 e. The first-order valence-electron chi connectivity index (χ1n) is 8.81. The molecule has 4 rings (SSSR count). The second-order valence-corrected chi connectivity index (χ2v) is 6.53. The van der Waals surface area contributed by atoms with Crippen LogP contribution in [0.2, 0.25) is 0 Å². The average Bonchev–Trinajstić information content (AvgIpc) is 3.40. The van der Waals surface area contributed by atoms with E-state index in [1.54, 1.807) is 10.9 Å². The Morgan fingerprint density at radius 3 is 2.55 bits per heavy atom. The number of hydrogen-bond donors (Lipinski definition) is 0. The zero-order chi connectivity index (χ0) is 20.5. The molecule has 0 spiro atoms. The van der Waals surface area contributed by atoms with Gasteiger partial charge in [0.2, 0.25) is 0 Å². The molecule has 0 radical (unpaired) electrons. The summed E-state index contributed by atoms with van der Waals surface area (Å²) in [7, 11) is 2.90. The first-order valence-corrected chi connectivity index (χ1v) is 8.81. The summed E-state index contributed by atoms with van der Waals surface area (Å²) in [5.41, 5.74) is 1.13. The number of nitrogens with zero attached hydrogens (tertiary/aromatic N) is 6. The van der Waals surface area contributed by atoms with Crippen molar-refractivity contribution >= 4 is 17.1 Å². The van der Waals surface area contributed by atoms with Crippen LogP contribution in [0, 0.1) is 0 Å². The fourth-order valence-corrected chi connectivity index (χ4v) is 3.03. The van der Waals surface area contributed by atoms with Crippen LogP contribution >= 0.6 is 0 Å². The van der Waals surface area contributed by atoms with E-state index in [-0.39, 0.29) is 24.3 Å². The average molecular weight is 394 g/mol. The lowest BCUT2D eigenvalue weighted by molar-refractivity contribution is -0.145. The van der Waals surface area contributed by atoms with Crippen molar-refractivity contribution in [3.8, 4) is 5.69 Å². The molecule has 0 bridgehead atoms. The minimum Gasteiger partial charge on any atom is -0.459 e. The fraction of sp³-hybridized carbons (Fsp3) is 0.211. The van der Waals surface area contributed by atoms with Crippen LogP contribution in [0.4, 0.5) is 0 Å². The second kappa shape index (κ2) is 7.23. The van der Waals surface area contributed by atoms with E-state index in [0.717, 1.165) is 15.8 Å². The van der Waals surface area contributed by atoms with Gasteiger partial charge in [0, 0.05) is 26.5 Å². The third-order valence-electron chi connectivity index (χ3n) is 4.62. The van der Waals surface area contributed by atoms with E-state index in [1.807, 2.05) is 36.5 Å². The number of fused-ring (bicyclic) bond motifs is 1. The van der Waals surface area contributed by atoms with Crippen molar-refractivity contribution in [2.45, 2.75) is 13.2 Å². The highest BCUT2D eigenvalue weighted by Crippen LogP contribution is 2.10. The van der Waals surface area contributed by atoms with Crippen molar-refractivity contribution in [1.82, 2.24) is 28.5 Å². The Hall–Kier alpha value is -3.95. The fourth-order valence-electron chi connectivity index (χ4n) is 3.03. The maximum atomic E-state index is 12.4. The van der Waals surface area contributed by atoms with Gasteiger partial charge in [0.25, 0.3) is 5.56 Å². The molecule has 29 heavy (non-hydrogen) atoms. The number of carbonyl (C=O) groups is 1. The summed E-state index contributed by atoms with van der Waals surface area (Å²) in [5, 5.41) is 4.16. The summed E-state index contributed by atoms with van der Waals surface area (Å²) in [4.78, 5) is 40.7. The molecule has 0 aliphatic carbocycles. The van der Waals surface area contributed by atoms with E-state index < -0.39 is 17.2 Å². The zero-order valence-corrected chi connectivity index (χ0v) is 15.8. The molecule has 4 aromatic rings. The quantitative estimate of drug-likeness (QED) is 0.453. The smallest absolute Gasteiger partial charge is 0.332 e. The van der Waals surface area contributed by atoms with Gasteiger partial charge in [-0.05, 0) is 23.8 Å². The van der Waals surface area contributed by atoms with Gasteiger partial charge in [-0.1, -0.05) is 12.1 Å². The summed E-state index contributed by atoms with van der Waals surface area (Å²) < 4.78 is 10.7. The van der Waals surface area contributed by atoms with Crippen molar-refractivity contribution in [2.24, 2.45) is 14.1 Å². The van der Waals surface area contributed by atoms with Gasteiger partial charge in [0.1, 0.15) is 13.2 Å². The third-order valence-corrected chi connectivity index (χ3v) is 4.62. The Kier molecular flexibility index (Phi) is 4.59. The highest BCUT2D eigenvalue weighted by atomic mass is 16.5. The van der Waals surface area contributed by atoms with E-state index in [1.165, 1.54) is 29.6 Å². The molecule has 10 heteroatoms. The molecule has 0 saturated carbocycles. The molecule has 10 nitrogen and oxygen atoms in total. The molecule has 0 amide bonds. The van der Waals surface area contributed by atoms with E-state index in [2.05, 4.69) is 10.1 Å². The van der Waals surface area contributed by atoms with Gasteiger partial charge in [-0.25, -0.2) is 14.5 Å². The van der Waals surface area contributed by atoms with E-state index >= 15 is 0 Å². The Morgan fingerprint density at radius 1 is 1.10 bits per heavy atom. The molecule has 0 N–H and O–H groups in total. The Morgan fingerprint density at radius 2 is 1.86 bits per heavy atom. The van der Waals surface area contributed by atoms with Crippen molar-refractivity contribution in [3.05, 3.63) is 75.5 Å². The predicted octanol–water partition coefficient (Wildman–Crippen LogP) is 0.363. The Bertz CT molecular complexity index is 1300. The summed E-state index contributed by atoms with van der Waals surface area (Å²) in [6.45, 7) is -0.0866. The highest BCUT2D eigenvalue weighted by Gasteiger charge is 2.16. The van der Waals surface area contributed by atoms with Gasteiger partial charge in [0.15, 0.2) is 11.2 Å². The number of carbonyl (C=O) groups excluding carboxylic acids is 1. The number of ether oxygens (including phenoxy) is 1. The molecule has 0 unspecified atom stereocenters. The number of imidazole rings is 1. The maximum absolute atomic E-state index is 12.4. The van der Waals surface area contributed by atoms with Crippen molar-refractivity contribution in [1.29, 1.82) is 0 Å². The molecule has 0 saturated heterocycles. The molecule has 0 aliphatic rings. The Balaban J connectivity index is 1.47. The number of hydrogen-bond acceptors (Lipinski definition) is 6. The van der Waals surface area contributed by atoms with Crippen LogP contribution < -0.4 is 11.2 Å². The first-order chi connectivity index (χ1) is 14.0. The predicted molar refractivity (Wildman–Crippen MR) is 104 cm³/mol. The normalized spacial score (nSPS) is 11.1. The number of esters is 1. The van der Waals surface area contributed by atoms with E-state index in [0.29, 0.717) is 0 Å². The number of rotatable bonds is 5. The minimum absolute atomic E-state index is 0.0986. The number of benzene rings is 1. The first kappa shape index (κ1) is 18.4. The lowest BCUT2D eigenvalue weighted by Crippen LogP contribution is -2.37. The van der Waals surface area contributed by atoms with Crippen LogP contribution in [-0.2, 0) is 36.8 Å². The van der Waals surface area contributed by atoms with E-state index in [4.69, 9.17) is 4.74 Å². The second-order valence-electron chi connectivity index (χ2n) is 6.53. The largest absolute Gasteiger partial charge is 0.459 e. The standard InChI is InChI=1S/C19H18N6O4/c1-22-17-16(18(27)23(2)19(22)28)24(12-20-17)10-15(26)29-11-13-4-6-14(7-5-13)25-9-3-8-21-25/h3-9,12H,10-11H2,1-2H3. The lowest BCUT2D eigenvalue weighted by atomic mass is 10.2. The van der Waals surface area contributed by atoms with Crippen LogP contribution in [0.3, 0.4) is 0 Å². The number of aryl methyl sites for hydroxylation is 1. The SMILES string of the molecule is Cn1c(=O)c2c(ncn2CC(=O)OCc2ccc(-n3cccn3)cc2)n(C)c1=O. The van der Waals surface area contributed by atoms with Gasteiger partial charge >= 0.3 is 11.7 Å². The van der Waals surface area contributed by atoms with Gasteiger partial charge < -0.3 is 9.30 Å². The van der Waals surface area contributed by atoms with Crippen molar-refractivity contribution in [3.63, 3.8) is 0 Å².